The molecule has 106 valence electrons. The van der Waals surface area contributed by atoms with Crippen LogP contribution in [0, 0.1) is 11.6 Å². The Morgan fingerprint density at radius 3 is 2.20 bits per heavy atom. The van der Waals surface area contributed by atoms with E-state index in [0.29, 0.717) is 17.2 Å². The minimum absolute atomic E-state index is 0.0424. The summed E-state index contributed by atoms with van der Waals surface area (Å²) in [5.41, 5.74) is 6.25. The van der Waals surface area contributed by atoms with Crippen molar-refractivity contribution in [3.05, 3.63) is 48.0 Å². The zero-order chi connectivity index (χ0) is 14.7. The third kappa shape index (κ3) is 3.60. The van der Waals surface area contributed by atoms with Gasteiger partial charge in [-0.05, 0) is 26.0 Å². The van der Waals surface area contributed by atoms with Crippen molar-refractivity contribution in [1.29, 1.82) is 0 Å². The summed E-state index contributed by atoms with van der Waals surface area (Å²) in [6.45, 7) is 3.74. The topological polar surface area (TPSA) is 44.5 Å². The average Bonchev–Trinajstić information content (AvgIpc) is 2.31. The van der Waals surface area contributed by atoms with Gasteiger partial charge in [-0.25, -0.2) is 8.78 Å². The van der Waals surface area contributed by atoms with E-state index in [1.54, 1.807) is 18.2 Å². The van der Waals surface area contributed by atoms with Crippen LogP contribution in [0.3, 0.4) is 0 Å². The van der Waals surface area contributed by atoms with Crippen molar-refractivity contribution in [3.63, 3.8) is 0 Å². The number of benzene rings is 2. The van der Waals surface area contributed by atoms with E-state index in [-0.39, 0.29) is 11.9 Å². The van der Waals surface area contributed by atoms with Gasteiger partial charge in [0.15, 0.2) is 0 Å². The van der Waals surface area contributed by atoms with Crippen LogP contribution in [0.4, 0.5) is 14.5 Å². The molecule has 0 aliphatic carbocycles. The van der Waals surface area contributed by atoms with Crippen molar-refractivity contribution in [1.82, 2.24) is 0 Å². The van der Waals surface area contributed by atoms with E-state index in [2.05, 4.69) is 0 Å². The van der Waals surface area contributed by atoms with Gasteiger partial charge in [-0.1, -0.05) is 0 Å². The second-order valence-corrected chi connectivity index (χ2v) is 4.57. The Hall–Kier alpha value is -2.30. The van der Waals surface area contributed by atoms with Crippen molar-refractivity contribution < 1.29 is 18.3 Å². The number of hydrogen-bond donors (Lipinski definition) is 1. The predicted octanol–water partition coefficient (Wildman–Crippen LogP) is 4.13. The summed E-state index contributed by atoms with van der Waals surface area (Å²) in [7, 11) is 0. The number of halogens is 2. The van der Waals surface area contributed by atoms with Crippen LogP contribution in [0.15, 0.2) is 36.4 Å². The van der Waals surface area contributed by atoms with Crippen LogP contribution < -0.4 is 15.2 Å². The molecule has 20 heavy (non-hydrogen) atoms. The zero-order valence-electron chi connectivity index (χ0n) is 11.2. The van der Waals surface area contributed by atoms with E-state index in [4.69, 9.17) is 15.2 Å². The van der Waals surface area contributed by atoms with Gasteiger partial charge >= 0.3 is 0 Å². The summed E-state index contributed by atoms with van der Waals surface area (Å²) in [4.78, 5) is 0. The van der Waals surface area contributed by atoms with Gasteiger partial charge in [0.1, 0.15) is 28.9 Å². The van der Waals surface area contributed by atoms with Crippen molar-refractivity contribution in [2.45, 2.75) is 20.0 Å². The molecule has 2 rings (SSSR count). The number of rotatable bonds is 4. The van der Waals surface area contributed by atoms with Crippen molar-refractivity contribution >= 4 is 5.69 Å². The molecule has 0 radical (unpaired) electrons. The monoisotopic (exact) mass is 279 g/mol. The van der Waals surface area contributed by atoms with Crippen LogP contribution in [0.2, 0.25) is 0 Å². The fourth-order valence-corrected chi connectivity index (χ4v) is 1.66. The number of hydrogen-bond acceptors (Lipinski definition) is 3. The molecule has 2 aromatic rings. The molecule has 0 fully saturated rings. The van der Waals surface area contributed by atoms with E-state index < -0.39 is 11.6 Å². The van der Waals surface area contributed by atoms with Gasteiger partial charge in [-0.15, -0.1) is 0 Å². The van der Waals surface area contributed by atoms with Crippen LogP contribution in [-0.2, 0) is 0 Å². The lowest BCUT2D eigenvalue weighted by Gasteiger charge is -2.14. The molecule has 2 aromatic carbocycles. The standard InChI is InChI=1S/C15H15F2NO2/c1-9(2)19-15-8-12(3-4-14(15)18)20-13-6-10(16)5-11(17)7-13/h3-9H,18H2,1-2H3. The minimum atomic E-state index is -0.700. The largest absolute Gasteiger partial charge is 0.489 e. The molecule has 0 heterocycles. The van der Waals surface area contributed by atoms with Crippen LogP contribution >= 0.6 is 0 Å². The van der Waals surface area contributed by atoms with Gasteiger partial charge in [0.2, 0.25) is 0 Å². The van der Waals surface area contributed by atoms with Crippen LogP contribution in [0.5, 0.6) is 17.2 Å². The summed E-state index contributed by atoms with van der Waals surface area (Å²) in [6, 6.07) is 7.78. The highest BCUT2D eigenvalue weighted by Crippen LogP contribution is 2.31. The van der Waals surface area contributed by atoms with Crippen molar-refractivity contribution in [3.8, 4) is 17.2 Å². The SMILES string of the molecule is CC(C)Oc1cc(Oc2cc(F)cc(F)c2)ccc1N. The first kappa shape index (κ1) is 14.1. The third-order valence-electron chi connectivity index (χ3n) is 2.42. The maximum Gasteiger partial charge on any atom is 0.146 e. The van der Waals surface area contributed by atoms with E-state index in [0.717, 1.165) is 18.2 Å². The molecular formula is C15H15F2NO2. The summed E-state index contributed by atoms with van der Waals surface area (Å²) in [6.07, 6.45) is -0.0424. The predicted molar refractivity (Wildman–Crippen MR) is 73.1 cm³/mol. The summed E-state index contributed by atoms with van der Waals surface area (Å²) in [5.74, 6) is -0.472. The molecule has 0 bridgehead atoms. The normalized spacial score (nSPS) is 10.7. The van der Waals surface area contributed by atoms with Gasteiger partial charge in [-0.2, -0.15) is 0 Å². The lowest BCUT2D eigenvalue weighted by molar-refractivity contribution is 0.243. The molecule has 2 N–H and O–H groups in total. The molecular weight excluding hydrogens is 264 g/mol. The molecule has 0 atom stereocenters. The first-order valence-electron chi connectivity index (χ1n) is 6.14. The maximum absolute atomic E-state index is 13.1. The molecule has 0 aromatic heterocycles. The number of nitrogens with two attached hydrogens (primary N) is 1. The molecule has 0 amide bonds. The van der Waals surface area contributed by atoms with E-state index in [1.807, 2.05) is 13.8 Å². The third-order valence-corrected chi connectivity index (χ3v) is 2.42. The molecule has 0 aliphatic rings. The Bertz CT molecular complexity index is 595. The van der Waals surface area contributed by atoms with Crippen LogP contribution in [-0.4, -0.2) is 6.10 Å². The Morgan fingerprint density at radius 2 is 1.60 bits per heavy atom. The Kier molecular flexibility index (Phi) is 4.08. The fourth-order valence-electron chi connectivity index (χ4n) is 1.66. The van der Waals surface area contributed by atoms with E-state index >= 15 is 0 Å². The maximum atomic E-state index is 13.1. The number of nitrogen functional groups attached to an aromatic ring is 1. The first-order valence-corrected chi connectivity index (χ1v) is 6.14. The Morgan fingerprint density at radius 1 is 0.950 bits per heavy atom. The van der Waals surface area contributed by atoms with Crippen molar-refractivity contribution in [2.24, 2.45) is 0 Å². The molecule has 5 heteroatoms. The second-order valence-electron chi connectivity index (χ2n) is 4.57. The molecule has 0 unspecified atom stereocenters. The number of ether oxygens (including phenoxy) is 2. The van der Waals surface area contributed by atoms with E-state index in [9.17, 15) is 8.78 Å². The average molecular weight is 279 g/mol. The van der Waals surface area contributed by atoms with Crippen LogP contribution in [0.1, 0.15) is 13.8 Å². The lowest BCUT2D eigenvalue weighted by Crippen LogP contribution is -2.07. The van der Waals surface area contributed by atoms with Gasteiger partial charge in [-0.3, -0.25) is 0 Å². The number of anilines is 1. The summed E-state index contributed by atoms with van der Waals surface area (Å²) < 4.78 is 37.1. The summed E-state index contributed by atoms with van der Waals surface area (Å²) >= 11 is 0. The highest BCUT2D eigenvalue weighted by molar-refractivity contribution is 5.56. The highest BCUT2D eigenvalue weighted by Gasteiger charge is 2.07. The second kappa shape index (κ2) is 5.77. The molecule has 0 spiro atoms. The molecule has 0 saturated heterocycles. The smallest absolute Gasteiger partial charge is 0.146 e. The quantitative estimate of drug-likeness (QED) is 0.856. The van der Waals surface area contributed by atoms with Crippen LogP contribution in [0.25, 0.3) is 0 Å². The van der Waals surface area contributed by atoms with Gasteiger partial charge in [0.05, 0.1) is 11.8 Å². The fraction of sp³-hybridized carbons (Fsp3) is 0.200. The molecule has 3 nitrogen and oxygen atoms in total. The highest BCUT2D eigenvalue weighted by atomic mass is 19.1. The van der Waals surface area contributed by atoms with Gasteiger partial charge in [0, 0.05) is 24.3 Å². The Balaban J connectivity index is 2.25. The summed E-state index contributed by atoms with van der Waals surface area (Å²) in [5, 5.41) is 0. The first-order chi connectivity index (χ1) is 9.44. The van der Waals surface area contributed by atoms with Gasteiger partial charge in [0.25, 0.3) is 0 Å². The van der Waals surface area contributed by atoms with Crippen molar-refractivity contribution in [2.75, 3.05) is 5.73 Å². The lowest BCUT2D eigenvalue weighted by atomic mass is 10.2. The van der Waals surface area contributed by atoms with E-state index in [1.165, 1.54) is 0 Å². The Labute approximate surface area is 115 Å². The minimum Gasteiger partial charge on any atom is -0.489 e. The molecule has 0 aliphatic heterocycles. The van der Waals surface area contributed by atoms with Gasteiger partial charge < -0.3 is 15.2 Å². The molecule has 0 saturated carbocycles. The zero-order valence-corrected chi connectivity index (χ0v) is 11.2.